The third-order valence-corrected chi connectivity index (χ3v) is 7.28. The van der Waals surface area contributed by atoms with Gasteiger partial charge in [0.25, 0.3) is 11.8 Å². The molecule has 29 heavy (non-hydrogen) atoms. The Hall–Kier alpha value is -2.19. The van der Waals surface area contributed by atoms with Gasteiger partial charge in [-0.2, -0.15) is 0 Å². The Morgan fingerprint density at radius 2 is 1.76 bits per heavy atom. The van der Waals surface area contributed by atoms with Crippen LogP contribution < -0.4 is 10.9 Å². The minimum atomic E-state index is -0.263. The van der Waals surface area contributed by atoms with Gasteiger partial charge in [0, 0.05) is 33.9 Å². The summed E-state index contributed by atoms with van der Waals surface area (Å²) in [6, 6.07) is 9.21. The zero-order valence-electron chi connectivity index (χ0n) is 15.9. The summed E-state index contributed by atoms with van der Waals surface area (Å²) >= 11 is 4.88. The highest BCUT2D eigenvalue weighted by molar-refractivity contribution is 9.10. The van der Waals surface area contributed by atoms with E-state index in [4.69, 9.17) is 0 Å². The quantitative estimate of drug-likeness (QED) is 0.668. The van der Waals surface area contributed by atoms with E-state index in [-0.39, 0.29) is 23.6 Å². The van der Waals surface area contributed by atoms with E-state index in [1.165, 1.54) is 21.8 Å². The molecule has 1 aliphatic carbocycles. The molecule has 4 rings (SSSR count). The molecular formula is C21H22BrN3O3S. The SMILES string of the molecule is O=C(NNC(=O)C1CCN(C(=O)c2ccc(Br)cc2)CC1)c1cc2c(s1)CCC2. The van der Waals surface area contributed by atoms with E-state index in [1.54, 1.807) is 17.0 Å². The van der Waals surface area contributed by atoms with E-state index in [0.29, 0.717) is 36.4 Å². The molecule has 2 heterocycles. The van der Waals surface area contributed by atoms with Crippen molar-refractivity contribution in [2.24, 2.45) is 5.92 Å². The number of carbonyl (C=O) groups excluding carboxylic acids is 3. The Morgan fingerprint density at radius 1 is 1.03 bits per heavy atom. The van der Waals surface area contributed by atoms with Crippen LogP contribution in [0, 0.1) is 5.92 Å². The van der Waals surface area contributed by atoms with Gasteiger partial charge in [-0.3, -0.25) is 25.2 Å². The first-order valence-electron chi connectivity index (χ1n) is 9.78. The maximum absolute atomic E-state index is 12.6. The zero-order chi connectivity index (χ0) is 20.4. The summed E-state index contributed by atoms with van der Waals surface area (Å²) in [6.45, 7) is 1.05. The van der Waals surface area contributed by atoms with Crippen LogP contribution in [-0.4, -0.2) is 35.7 Å². The van der Waals surface area contributed by atoms with Crippen molar-refractivity contribution in [3.8, 4) is 0 Å². The fourth-order valence-electron chi connectivity index (χ4n) is 3.84. The number of benzene rings is 1. The number of hydrogen-bond donors (Lipinski definition) is 2. The minimum absolute atomic E-state index is 0.0181. The zero-order valence-corrected chi connectivity index (χ0v) is 18.3. The fourth-order valence-corrected chi connectivity index (χ4v) is 5.26. The van der Waals surface area contributed by atoms with Crippen molar-refractivity contribution in [2.75, 3.05) is 13.1 Å². The monoisotopic (exact) mass is 475 g/mol. The molecule has 0 spiro atoms. The number of hydrazine groups is 1. The Balaban J connectivity index is 1.25. The number of nitrogens with one attached hydrogen (secondary N) is 2. The molecule has 1 aromatic heterocycles. The number of amides is 3. The van der Waals surface area contributed by atoms with Gasteiger partial charge < -0.3 is 4.90 Å². The standard InChI is InChI=1S/C21H22BrN3O3S/c22-16-6-4-14(5-7-16)21(28)25-10-8-13(9-11-25)19(26)23-24-20(27)18-12-15-2-1-3-17(15)29-18/h4-7,12-13H,1-3,8-11H2,(H,23,26)(H,24,27). The van der Waals surface area contributed by atoms with E-state index < -0.39 is 0 Å². The molecule has 2 aromatic rings. The van der Waals surface area contributed by atoms with Gasteiger partial charge in [-0.1, -0.05) is 15.9 Å². The molecule has 0 saturated carbocycles. The van der Waals surface area contributed by atoms with Crippen LogP contribution in [0.1, 0.15) is 49.7 Å². The van der Waals surface area contributed by atoms with Crippen molar-refractivity contribution < 1.29 is 14.4 Å². The molecule has 2 aliphatic rings. The summed E-state index contributed by atoms with van der Waals surface area (Å²) in [5, 5.41) is 0. The summed E-state index contributed by atoms with van der Waals surface area (Å²) in [7, 11) is 0. The Labute approximate surface area is 181 Å². The highest BCUT2D eigenvalue weighted by Crippen LogP contribution is 2.30. The molecule has 3 amide bonds. The summed E-state index contributed by atoms with van der Waals surface area (Å²) in [4.78, 5) is 41.0. The van der Waals surface area contributed by atoms with E-state index in [0.717, 1.165) is 23.7 Å². The second kappa shape index (κ2) is 8.67. The van der Waals surface area contributed by atoms with Crippen LogP contribution >= 0.6 is 27.3 Å². The Morgan fingerprint density at radius 3 is 2.45 bits per heavy atom. The maximum Gasteiger partial charge on any atom is 0.279 e. The van der Waals surface area contributed by atoms with Crippen LogP contribution in [-0.2, 0) is 17.6 Å². The average molecular weight is 476 g/mol. The predicted molar refractivity (Wildman–Crippen MR) is 115 cm³/mol. The normalized spacial score (nSPS) is 16.4. The number of halogens is 1. The highest BCUT2D eigenvalue weighted by Gasteiger charge is 2.28. The Bertz CT molecular complexity index is 912. The lowest BCUT2D eigenvalue weighted by atomic mass is 9.95. The number of piperidine rings is 1. The van der Waals surface area contributed by atoms with Gasteiger partial charge in [0.2, 0.25) is 5.91 Å². The summed E-state index contributed by atoms with van der Waals surface area (Å²) in [5.74, 6) is -0.688. The molecule has 1 aromatic carbocycles. The van der Waals surface area contributed by atoms with Crippen molar-refractivity contribution in [3.63, 3.8) is 0 Å². The number of likely N-dealkylation sites (tertiary alicyclic amines) is 1. The minimum Gasteiger partial charge on any atom is -0.339 e. The van der Waals surface area contributed by atoms with E-state index in [2.05, 4.69) is 26.8 Å². The number of carbonyl (C=O) groups is 3. The summed E-state index contributed by atoms with van der Waals surface area (Å²) in [6.07, 6.45) is 4.39. The third-order valence-electron chi connectivity index (χ3n) is 5.51. The van der Waals surface area contributed by atoms with Crippen LogP contribution in [0.25, 0.3) is 0 Å². The van der Waals surface area contributed by atoms with Crippen molar-refractivity contribution in [3.05, 3.63) is 55.7 Å². The predicted octanol–water partition coefficient (Wildman–Crippen LogP) is 3.31. The lowest BCUT2D eigenvalue weighted by Gasteiger charge is -2.31. The topological polar surface area (TPSA) is 78.5 Å². The van der Waals surface area contributed by atoms with Gasteiger partial charge in [0.1, 0.15) is 0 Å². The lowest BCUT2D eigenvalue weighted by molar-refractivity contribution is -0.127. The molecule has 2 N–H and O–H groups in total. The van der Waals surface area contributed by atoms with Crippen LogP contribution in [0.3, 0.4) is 0 Å². The van der Waals surface area contributed by atoms with E-state index in [9.17, 15) is 14.4 Å². The second-order valence-corrected chi connectivity index (χ2v) is 9.48. The molecule has 0 unspecified atom stereocenters. The van der Waals surface area contributed by atoms with Crippen molar-refractivity contribution >= 4 is 45.0 Å². The second-order valence-electron chi connectivity index (χ2n) is 7.43. The first kappa shape index (κ1) is 20.1. The molecule has 0 radical (unpaired) electrons. The average Bonchev–Trinajstić information content (AvgIpc) is 3.34. The maximum atomic E-state index is 12.6. The van der Waals surface area contributed by atoms with Gasteiger partial charge in [-0.15, -0.1) is 11.3 Å². The Kier molecular flexibility index (Phi) is 6.01. The molecule has 1 saturated heterocycles. The van der Waals surface area contributed by atoms with Gasteiger partial charge in [-0.05, 0) is 68.0 Å². The number of hydrogen-bond acceptors (Lipinski definition) is 4. The van der Waals surface area contributed by atoms with Crippen LogP contribution in [0.4, 0.5) is 0 Å². The van der Waals surface area contributed by atoms with E-state index in [1.807, 2.05) is 18.2 Å². The summed E-state index contributed by atoms with van der Waals surface area (Å²) in [5.41, 5.74) is 7.00. The third kappa shape index (κ3) is 4.53. The molecule has 0 atom stereocenters. The number of nitrogens with zero attached hydrogens (tertiary/aromatic N) is 1. The largest absolute Gasteiger partial charge is 0.339 e. The first-order valence-corrected chi connectivity index (χ1v) is 11.4. The highest BCUT2D eigenvalue weighted by atomic mass is 79.9. The number of thiophene rings is 1. The van der Waals surface area contributed by atoms with Gasteiger partial charge in [-0.25, -0.2) is 0 Å². The van der Waals surface area contributed by atoms with Crippen LogP contribution in [0.2, 0.25) is 0 Å². The lowest BCUT2D eigenvalue weighted by Crippen LogP contribution is -2.48. The fraction of sp³-hybridized carbons (Fsp3) is 0.381. The van der Waals surface area contributed by atoms with E-state index >= 15 is 0 Å². The molecule has 152 valence electrons. The molecule has 8 heteroatoms. The van der Waals surface area contributed by atoms with Crippen LogP contribution in [0.15, 0.2) is 34.8 Å². The van der Waals surface area contributed by atoms with Crippen LogP contribution in [0.5, 0.6) is 0 Å². The van der Waals surface area contributed by atoms with Gasteiger partial charge >= 0.3 is 0 Å². The van der Waals surface area contributed by atoms with Crippen molar-refractivity contribution in [2.45, 2.75) is 32.1 Å². The van der Waals surface area contributed by atoms with Gasteiger partial charge in [0.15, 0.2) is 0 Å². The summed E-state index contributed by atoms with van der Waals surface area (Å²) < 4.78 is 0.929. The molecule has 1 aliphatic heterocycles. The van der Waals surface area contributed by atoms with Crippen molar-refractivity contribution in [1.29, 1.82) is 0 Å². The van der Waals surface area contributed by atoms with Crippen molar-refractivity contribution in [1.82, 2.24) is 15.8 Å². The number of rotatable bonds is 3. The number of aryl methyl sites for hydroxylation is 2. The number of fused-ring (bicyclic) bond motifs is 1. The molecular weight excluding hydrogens is 454 g/mol. The van der Waals surface area contributed by atoms with Gasteiger partial charge in [0.05, 0.1) is 4.88 Å². The first-order chi connectivity index (χ1) is 14.0. The smallest absolute Gasteiger partial charge is 0.279 e. The molecule has 1 fully saturated rings. The molecule has 6 nitrogen and oxygen atoms in total. The molecule has 0 bridgehead atoms.